The van der Waals surface area contributed by atoms with E-state index in [1.54, 1.807) is 19.0 Å². The summed E-state index contributed by atoms with van der Waals surface area (Å²) in [7, 11) is 3.48. The summed E-state index contributed by atoms with van der Waals surface area (Å²) in [5.74, 6) is 0.0695. The van der Waals surface area contributed by atoms with Crippen LogP contribution >= 0.6 is 0 Å². The molecule has 28 heavy (non-hydrogen) atoms. The van der Waals surface area contributed by atoms with Crippen LogP contribution in [-0.4, -0.2) is 85.4 Å². The number of carbonyl (C=O) groups is 2. The van der Waals surface area contributed by atoms with E-state index in [1.807, 2.05) is 24.3 Å². The molecule has 0 aromatic heterocycles. The Kier molecular flexibility index (Phi) is 8.01. The van der Waals surface area contributed by atoms with Gasteiger partial charge in [0.15, 0.2) is 0 Å². The molecule has 156 valence electrons. The fourth-order valence-electron chi connectivity index (χ4n) is 3.51. The van der Waals surface area contributed by atoms with E-state index in [0.717, 1.165) is 38.3 Å². The molecule has 1 fully saturated rings. The standard InChI is InChI=1S/C22H36N4O2/c1-6-25-13-15-26(16-14-25)22(2,3)17-23-20(27)12-9-18-7-10-19(11-8-18)21(28)24(4)5/h7-8,10-11H,6,9,12-17H2,1-5H3,(H,23,27). The minimum absolute atomic E-state index is 0.00806. The highest BCUT2D eigenvalue weighted by atomic mass is 16.2. The Hall–Kier alpha value is -1.92. The zero-order chi connectivity index (χ0) is 20.7. The summed E-state index contributed by atoms with van der Waals surface area (Å²) in [5.41, 5.74) is 1.70. The third kappa shape index (κ3) is 6.31. The third-order valence-electron chi connectivity index (χ3n) is 5.64. The maximum atomic E-state index is 12.3. The molecule has 6 nitrogen and oxygen atoms in total. The first-order chi connectivity index (χ1) is 13.2. The summed E-state index contributed by atoms with van der Waals surface area (Å²) < 4.78 is 0. The van der Waals surface area contributed by atoms with Crippen LogP contribution in [-0.2, 0) is 11.2 Å². The Morgan fingerprint density at radius 3 is 2.21 bits per heavy atom. The molecule has 0 unspecified atom stereocenters. The lowest BCUT2D eigenvalue weighted by atomic mass is 10.0. The predicted molar refractivity (Wildman–Crippen MR) is 114 cm³/mol. The van der Waals surface area contributed by atoms with Crippen LogP contribution in [0, 0.1) is 0 Å². The molecule has 0 aliphatic carbocycles. The Morgan fingerprint density at radius 2 is 1.68 bits per heavy atom. The van der Waals surface area contributed by atoms with Gasteiger partial charge in [-0.2, -0.15) is 0 Å². The van der Waals surface area contributed by atoms with Gasteiger partial charge in [0.2, 0.25) is 5.91 Å². The van der Waals surface area contributed by atoms with Crippen LogP contribution in [0.2, 0.25) is 0 Å². The number of piperazine rings is 1. The summed E-state index contributed by atoms with van der Waals surface area (Å²) >= 11 is 0. The number of rotatable bonds is 8. The van der Waals surface area contributed by atoms with Crippen molar-refractivity contribution in [2.45, 2.75) is 39.2 Å². The molecule has 2 rings (SSSR count). The van der Waals surface area contributed by atoms with Crippen LogP contribution in [0.25, 0.3) is 0 Å². The zero-order valence-corrected chi connectivity index (χ0v) is 18.1. The van der Waals surface area contributed by atoms with Crippen molar-refractivity contribution in [3.05, 3.63) is 35.4 Å². The van der Waals surface area contributed by atoms with Crippen LogP contribution < -0.4 is 5.32 Å². The third-order valence-corrected chi connectivity index (χ3v) is 5.64. The highest BCUT2D eigenvalue weighted by Crippen LogP contribution is 2.16. The van der Waals surface area contributed by atoms with E-state index < -0.39 is 0 Å². The average Bonchev–Trinajstić information content (AvgIpc) is 2.70. The molecule has 1 aliphatic heterocycles. The lowest BCUT2D eigenvalue weighted by Crippen LogP contribution is -2.58. The largest absolute Gasteiger partial charge is 0.354 e. The van der Waals surface area contributed by atoms with Crippen molar-refractivity contribution in [3.8, 4) is 0 Å². The van der Waals surface area contributed by atoms with Gasteiger partial charge in [-0.15, -0.1) is 0 Å². The molecule has 1 N–H and O–H groups in total. The van der Waals surface area contributed by atoms with E-state index in [2.05, 4.69) is 35.9 Å². The fraction of sp³-hybridized carbons (Fsp3) is 0.636. The number of nitrogens with zero attached hydrogens (tertiary/aromatic N) is 3. The fourth-order valence-corrected chi connectivity index (χ4v) is 3.51. The molecule has 0 saturated carbocycles. The van der Waals surface area contributed by atoms with Crippen molar-refractivity contribution in [2.24, 2.45) is 0 Å². The molecule has 6 heteroatoms. The van der Waals surface area contributed by atoms with Crippen molar-refractivity contribution < 1.29 is 9.59 Å². The second-order valence-corrected chi connectivity index (χ2v) is 8.41. The van der Waals surface area contributed by atoms with Gasteiger partial charge in [0.1, 0.15) is 0 Å². The SMILES string of the molecule is CCN1CCN(C(C)(C)CNC(=O)CCc2ccc(C(=O)N(C)C)cc2)CC1. The summed E-state index contributed by atoms with van der Waals surface area (Å²) in [4.78, 5) is 30.7. The highest BCUT2D eigenvalue weighted by molar-refractivity contribution is 5.93. The van der Waals surface area contributed by atoms with Gasteiger partial charge in [-0.25, -0.2) is 0 Å². The van der Waals surface area contributed by atoms with Crippen molar-refractivity contribution in [2.75, 3.05) is 53.4 Å². The van der Waals surface area contributed by atoms with Gasteiger partial charge in [-0.3, -0.25) is 14.5 Å². The highest BCUT2D eigenvalue weighted by Gasteiger charge is 2.29. The molecule has 0 atom stereocenters. The molecule has 0 radical (unpaired) electrons. The first-order valence-corrected chi connectivity index (χ1v) is 10.3. The first-order valence-electron chi connectivity index (χ1n) is 10.3. The minimum atomic E-state index is -0.0380. The Labute approximate surface area is 169 Å². The first kappa shape index (κ1) is 22.4. The summed E-state index contributed by atoms with van der Waals surface area (Å²) in [6, 6.07) is 7.52. The lowest BCUT2D eigenvalue weighted by Gasteiger charge is -2.44. The molecule has 0 bridgehead atoms. The lowest BCUT2D eigenvalue weighted by molar-refractivity contribution is -0.121. The Balaban J connectivity index is 1.75. The van der Waals surface area contributed by atoms with E-state index in [1.165, 1.54) is 0 Å². The number of amides is 2. The van der Waals surface area contributed by atoms with Crippen molar-refractivity contribution in [1.82, 2.24) is 20.0 Å². The Morgan fingerprint density at radius 1 is 1.07 bits per heavy atom. The van der Waals surface area contributed by atoms with E-state index in [4.69, 9.17) is 0 Å². The number of nitrogens with one attached hydrogen (secondary N) is 1. The van der Waals surface area contributed by atoms with Gasteiger partial charge in [-0.05, 0) is 44.5 Å². The van der Waals surface area contributed by atoms with Crippen LogP contribution in [0.5, 0.6) is 0 Å². The van der Waals surface area contributed by atoms with Crippen molar-refractivity contribution >= 4 is 11.8 Å². The molecule has 0 spiro atoms. The molecular formula is C22H36N4O2. The van der Waals surface area contributed by atoms with Crippen LogP contribution in [0.15, 0.2) is 24.3 Å². The zero-order valence-electron chi connectivity index (χ0n) is 18.1. The van der Waals surface area contributed by atoms with Gasteiger partial charge in [0.05, 0.1) is 0 Å². The molecule has 1 aliphatic rings. The van der Waals surface area contributed by atoms with Crippen molar-refractivity contribution in [3.63, 3.8) is 0 Å². The molecular weight excluding hydrogens is 352 g/mol. The van der Waals surface area contributed by atoms with Gasteiger partial charge < -0.3 is 15.1 Å². The van der Waals surface area contributed by atoms with E-state index in [-0.39, 0.29) is 17.4 Å². The monoisotopic (exact) mass is 388 g/mol. The van der Waals surface area contributed by atoms with Crippen molar-refractivity contribution in [1.29, 1.82) is 0 Å². The number of hydrogen-bond donors (Lipinski definition) is 1. The van der Waals surface area contributed by atoms with Crippen LogP contribution in [0.1, 0.15) is 43.1 Å². The van der Waals surface area contributed by atoms with Crippen LogP contribution in [0.4, 0.5) is 0 Å². The molecule has 1 aromatic carbocycles. The van der Waals surface area contributed by atoms with Crippen LogP contribution in [0.3, 0.4) is 0 Å². The topological polar surface area (TPSA) is 55.9 Å². The Bertz CT molecular complexity index is 647. The number of aryl methyl sites for hydroxylation is 1. The van der Waals surface area contributed by atoms with Gasteiger partial charge in [-0.1, -0.05) is 19.1 Å². The van der Waals surface area contributed by atoms with E-state index in [0.29, 0.717) is 24.9 Å². The number of likely N-dealkylation sites (N-methyl/N-ethyl adjacent to an activating group) is 1. The van der Waals surface area contributed by atoms with E-state index >= 15 is 0 Å². The van der Waals surface area contributed by atoms with Gasteiger partial charge in [0.25, 0.3) is 5.91 Å². The summed E-state index contributed by atoms with van der Waals surface area (Å²) in [5, 5.41) is 3.11. The molecule has 1 heterocycles. The number of hydrogen-bond acceptors (Lipinski definition) is 4. The van der Waals surface area contributed by atoms with Gasteiger partial charge >= 0.3 is 0 Å². The average molecular weight is 389 g/mol. The number of carbonyl (C=O) groups excluding carboxylic acids is 2. The summed E-state index contributed by atoms with van der Waals surface area (Å²) in [6.45, 7) is 12.7. The second kappa shape index (κ2) is 10.0. The molecule has 1 aromatic rings. The molecule has 1 saturated heterocycles. The predicted octanol–water partition coefficient (Wildman–Crippen LogP) is 1.85. The maximum absolute atomic E-state index is 12.3. The van der Waals surface area contributed by atoms with Gasteiger partial charge in [0, 0.05) is 64.3 Å². The quantitative estimate of drug-likeness (QED) is 0.739. The minimum Gasteiger partial charge on any atom is -0.354 e. The second-order valence-electron chi connectivity index (χ2n) is 8.41. The smallest absolute Gasteiger partial charge is 0.253 e. The molecule has 2 amide bonds. The summed E-state index contributed by atoms with van der Waals surface area (Å²) in [6.07, 6.45) is 1.14. The normalized spacial score (nSPS) is 16.0. The maximum Gasteiger partial charge on any atom is 0.253 e. The number of benzene rings is 1. The van der Waals surface area contributed by atoms with E-state index in [9.17, 15) is 9.59 Å².